The first-order valence-corrected chi connectivity index (χ1v) is 7.64. The Balaban J connectivity index is 1.73. The monoisotopic (exact) mass is 283 g/mol. The van der Waals surface area contributed by atoms with Crippen LogP contribution in [0.2, 0.25) is 0 Å². The summed E-state index contributed by atoms with van der Waals surface area (Å²) in [7, 11) is 3.91. The number of likely N-dealkylation sites (N-methyl/N-ethyl adjacent to an activating group) is 1. The zero-order valence-corrected chi connectivity index (χ0v) is 12.0. The van der Waals surface area contributed by atoms with Gasteiger partial charge in [0, 0.05) is 22.9 Å². The molecule has 0 radical (unpaired) electrons. The minimum absolute atomic E-state index is 0.0372. The van der Waals surface area contributed by atoms with Crippen LogP contribution in [0.4, 0.5) is 0 Å². The molecule has 3 aliphatic carbocycles. The lowest BCUT2D eigenvalue weighted by atomic mass is 9.64. The van der Waals surface area contributed by atoms with Gasteiger partial charge in [-0.05, 0) is 25.1 Å². The van der Waals surface area contributed by atoms with Gasteiger partial charge in [-0.15, -0.1) is 0 Å². The summed E-state index contributed by atoms with van der Waals surface area (Å²) in [5, 5.41) is 10.5. The first kappa shape index (κ1) is 11.1. The Kier molecular flexibility index (Phi) is 1.51. The lowest BCUT2D eigenvalue weighted by molar-refractivity contribution is 0.00605. The topological polar surface area (TPSA) is 41.7 Å². The number of hydrogen-bond donors (Lipinski definition) is 1. The molecule has 2 spiro atoms. The van der Waals surface area contributed by atoms with E-state index in [0.717, 1.165) is 17.9 Å². The molecule has 2 bridgehead atoms. The molecule has 7 atom stereocenters. The van der Waals surface area contributed by atoms with Crippen LogP contribution in [0.1, 0.15) is 17.5 Å². The van der Waals surface area contributed by atoms with Crippen LogP contribution < -0.4 is 9.47 Å². The number of ether oxygens (including phenoxy) is 2. The van der Waals surface area contributed by atoms with Gasteiger partial charge in [0.05, 0.1) is 12.6 Å². The number of methoxy groups -OCH3 is 1. The molecule has 5 aliphatic rings. The summed E-state index contributed by atoms with van der Waals surface area (Å²) >= 11 is 0. The number of nitrogens with zero attached hydrogens (tertiary/aromatic N) is 1. The minimum Gasteiger partial charge on any atom is -0.493 e. The Morgan fingerprint density at radius 2 is 2.24 bits per heavy atom. The lowest BCUT2D eigenvalue weighted by Crippen LogP contribution is -2.51. The van der Waals surface area contributed by atoms with Gasteiger partial charge in [0.25, 0.3) is 0 Å². The van der Waals surface area contributed by atoms with E-state index < -0.39 is 6.10 Å². The molecule has 1 saturated heterocycles. The van der Waals surface area contributed by atoms with Crippen molar-refractivity contribution in [3.63, 3.8) is 0 Å². The number of benzene rings is 1. The van der Waals surface area contributed by atoms with Crippen molar-refractivity contribution in [1.82, 2.24) is 4.90 Å². The second-order valence-electron chi connectivity index (χ2n) is 7.16. The van der Waals surface area contributed by atoms with Crippen LogP contribution in [-0.2, 0) is 11.0 Å². The van der Waals surface area contributed by atoms with E-state index in [9.17, 15) is 5.11 Å². The Labute approximate surface area is 123 Å². The van der Waals surface area contributed by atoms with Gasteiger partial charge in [-0.1, -0.05) is 18.2 Å². The Bertz CT molecular complexity index is 744. The van der Waals surface area contributed by atoms with E-state index in [1.54, 1.807) is 7.11 Å². The van der Waals surface area contributed by atoms with Crippen LogP contribution >= 0.6 is 0 Å². The average Bonchev–Trinajstić information content (AvgIpc) is 2.84. The summed E-state index contributed by atoms with van der Waals surface area (Å²) in [5.74, 6) is 2.13. The van der Waals surface area contributed by atoms with Gasteiger partial charge in [0.2, 0.25) is 0 Å². The van der Waals surface area contributed by atoms with E-state index in [4.69, 9.17) is 9.47 Å². The van der Waals surface area contributed by atoms with Crippen molar-refractivity contribution in [3.05, 3.63) is 35.4 Å². The molecular formula is C17H17NO3. The predicted molar refractivity (Wildman–Crippen MR) is 75.6 cm³/mol. The molecule has 2 heterocycles. The maximum absolute atomic E-state index is 10.5. The molecule has 21 heavy (non-hydrogen) atoms. The third kappa shape index (κ3) is 0.815. The zero-order valence-electron chi connectivity index (χ0n) is 12.0. The van der Waals surface area contributed by atoms with Gasteiger partial charge in [0.1, 0.15) is 12.2 Å². The number of hydrogen-bond acceptors (Lipinski definition) is 4. The van der Waals surface area contributed by atoms with Gasteiger partial charge >= 0.3 is 0 Å². The van der Waals surface area contributed by atoms with Gasteiger partial charge in [-0.3, -0.25) is 4.90 Å². The molecule has 4 nitrogen and oxygen atoms in total. The van der Waals surface area contributed by atoms with Crippen molar-refractivity contribution in [3.8, 4) is 11.5 Å². The number of rotatable bonds is 1. The van der Waals surface area contributed by atoms with E-state index >= 15 is 0 Å². The maximum Gasteiger partial charge on any atom is 0.166 e. The van der Waals surface area contributed by atoms with Crippen LogP contribution in [-0.4, -0.2) is 42.4 Å². The number of aliphatic hydroxyl groups excluding tert-OH is 1. The van der Waals surface area contributed by atoms with Crippen LogP contribution in [0, 0.1) is 5.92 Å². The summed E-state index contributed by atoms with van der Waals surface area (Å²) in [6, 6.07) is 4.81. The molecular weight excluding hydrogens is 266 g/mol. The first-order chi connectivity index (χ1) is 10.2. The summed E-state index contributed by atoms with van der Waals surface area (Å²) in [4.78, 5) is 2.50. The molecule has 4 heteroatoms. The van der Waals surface area contributed by atoms with Gasteiger partial charge in [-0.25, -0.2) is 0 Å². The van der Waals surface area contributed by atoms with Crippen LogP contribution in [0.15, 0.2) is 24.3 Å². The highest BCUT2D eigenvalue weighted by Crippen LogP contribution is 2.79. The molecule has 2 fully saturated rings. The fourth-order valence-electron chi connectivity index (χ4n) is 6.13. The third-order valence-corrected chi connectivity index (χ3v) is 6.82. The molecule has 1 unspecified atom stereocenters. The lowest BCUT2D eigenvalue weighted by Gasteiger charge is -2.40. The van der Waals surface area contributed by atoms with Crippen molar-refractivity contribution in [2.75, 3.05) is 14.2 Å². The minimum atomic E-state index is -0.524. The van der Waals surface area contributed by atoms with Crippen LogP contribution in [0.3, 0.4) is 0 Å². The summed E-state index contributed by atoms with van der Waals surface area (Å²) in [6.45, 7) is 0. The quantitative estimate of drug-likeness (QED) is 0.620. The molecule has 1 saturated carbocycles. The summed E-state index contributed by atoms with van der Waals surface area (Å²) in [6.07, 6.45) is 4.56. The predicted octanol–water partition coefficient (Wildman–Crippen LogP) is 1.17. The molecule has 1 aromatic carbocycles. The Morgan fingerprint density at radius 1 is 1.38 bits per heavy atom. The van der Waals surface area contributed by atoms with Crippen LogP contribution in [0.5, 0.6) is 11.5 Å². The van der Waals surface area contributed by atoms with E-state index in [1.165, 1.54) is 11.1 Å². The van der Waals surface area contributed by atoms with E-state index in [0.29, 0.717) is 12.0 Å². The molecule has 6 rings (SSSR count). The Hall–Kier alpha value is -1.52. The Morgan fingerprint density at radius 3 is 3.05 bits per heavy atom. The smallest absolute Gasteiger partial charge is 0.166 e. The normalized spacial score (nSPS) is 52.4. The van der Waals surface area contributed by atoms with Crippen molar-refractivity contribution in [2.24, 2.45) is 5.92 Å². The fraction of sp³-hybridized carbons (Fsp3) is 0.529. The number of piperidine rings is 1. The molecule has 0 aromatic heterocycles. The molecule has 1 N–H and O–H groups in total. The third-order valence-electron chi connectivity index (χ3n) is 6.82. The fourth-order valence-corrected chi connectivity index (χ4v) is 6.13. The number of likely N-dealkylation sites (tertiary alicyclic amines) is 1. The van der Waals surface area contributed by atoms with Gasteiger partial charge in [0.15, 0.2) is 11.5 Å². The van der Waals surface area contributed by atoms with E-state index in [-0.39, 0.29) is 17.1 Å². The molecule has 108 valence electrons. The highest BCUT2D eigenvalue weighted by Gasteiger charge is 2.84. The number of fused-ring (bicyclic) bond motifs is 1. The second-order valence-corrected chi connectivity index (χ2v) is 7.16. The second kappa shape index (κ2) is 2.85. The zero-order chi connectivity index (χ0) is 14.1. The molecule has 1 aromatic rings. The largest absolute Gasteiger partial charge is 0.493 e. The maximum atomic E-state index is 10.5. The molecule has 2 aliphatic heterocycles. The van der Waals surface area contributed by atoms with E-state index in [2.05, 4.69) is 24.1 Å². The summed E-state index contributed by atoms with van der Waals surface area (Å²) < 4.78 is 11.7. The average molecular weight is 283 g/mol. The van der Waals surface area contributed by atoms with Crippen molar-refractivity contribution in [2.45, 2.75) is 35.6 Å². The summed E-state index contributed by atoms with van der Waals surface area (Å²) in [5.41, 5.74) is 2.87. The van der Waals surface area contributed by atoms with Gasteiger partial charge < -0.3 is 14.6 Å². The van der Waals surface area contributed by atoms with Crippen molar-refractivity contribution in [1.29, 1.82) is 0 Å². The van der Waals surface area contributed by atoms with Gasteiger partial charge in [-0.2, -0.15) is 0 Å². The highest BCUT2D eigenvalue weighted by molar-refractivity contribution is 5.70. The van der Waals surface area contributed by atoms with Crippen molar-refractivity contribution >= 4 is 0 Å². The van der Waals surface area contributed by atoms with Crippen molar-refractivity contribution < 1.29 is 14.6 Å². The SMILES string of the molecule is COc1ccc2c3c1O[C@H]1[C@@H](O)C=C[C@H]4[C@@H]5N(C)[C@@]25C[C@@]341. The first-order valence-electron chi connectivity index (χ1n) is 7.64. The van der Waals surface area contributed by atoms with E-state index in [1.807, 2.05) is 12.1 Å². The standard InChI is InChI=1S/C17H17NO3/c1-18-14-9-3-5-10(19)15-16(9)7-17(14,18)8-4-6-11(20-2)13(21-15)12(8)16/h3-6,9-10,14-15,19H,7H2,1-2H3/t9-,10-,14-,15-,16-,17-,18?/m0/s1. The highest BCUT2D eigenvalue weighted by atomic mass is 16.5. The molecule has 0 amide bonds. The van der Waals surface area contributed by atoms with Crippen LogP contribution in [0.25, 0.3) is 0 Å². The number of aliphatic hydroxyl groups is 1.